The number of aromatic nitrogens is 1. The van der Waals surface area contributed by atoms with Crippen LogP contribution in [0.5, 0.6) is 0 Å². The molecular formula is C16H25BrN2O. The summed E-state index contributed by atoms with van der Waals surface area (Å²) in [5.41, 5.74) is 0.956. The first-order valence-electron chi connectivity index (χ1n) is 6.60. The van der Waals surface area contributed by atoms with Gasteiger partial charge in [-0.3, -0.25) is 0 Å². The predicted octanol–water partition coefficient (Wildman–Crippen LogP) is 3.71. The molecule has 20 heavy (non-hydrogen) atoms. The highest BCUT2D eigenvalue weighted by atomic mass is 79.9. The van der Waals surface area contributed by atoms with E-state index in [2.05, 4.69) is 59.5 Å². The molecule has 0 aliphatic heterocycles. The van der Waals surface area contributed by atoms with Crippen LogP contribution < -0.4 is 5.32 Å². The Balaban J connectivity index is 0. The van der Waals surface area contributed by atoms with Gasteiger partial charge in [-0.25, -0.2) is 4.98 Å². The summed E-state index contributed by atoms with van der Waals surface area (Å²) in [6.45, 7) is 8.65. The third-order valence-electron chi connectivity index (χ3n) is 2.00. The summed E-state index contributed by atoms with van der Waals surface area (Å²) in [7, 11) is 0. The van der Waals surface area contributed by atoms with Crippen molar-refractivity contribution in [1.82, 2.24) is 10.3 Å². The molecule has 2 N–H and O–H groups in total. The molecule has 0 aliphatic carbocycles. The van der Waals surface area contributed by atoms with Gasteiger partial charge in [0.25, 0.3) is 0 Å². The van der Waals surface area contributed by atoms with Crippen LogP contribution in [0.3, 0.4) is 0 Å². The van der Waals surface area contributed by atoms with Crippen LogP contribution in [0.15, 0.2) is 35.5 Å². The molecule has 112 valence electrons. The third kappa shape index (κ3) is 10.7. The van der Waals surface area contributed by atoms with Crippen LogP contribution in [0.25, 0.3) is 0 Å². The maximum absolute atomic E-state index is 8.77. The van der Waals surface area contributed by atoms with Gasteiger partial charge in [-0.1, -0.05) is 32.4 Å². The smallest absolute Gasteiger partial charge is 0.106 e. The van der Waals surface area contributed by atoms with E-state index < -0.39 is 0 Å². The average Bonchev–Trinajstić information content (AvgIpc) is 2.46. The van der Waals surface area contributed by atoms with Crippen molar-refractivity contribution in [2.24, 2.45) is 0 Å². The van der Waals surface area contributed by atoms with E-state index >= 15 is 0 Å². The lowest BCUT2D eigenvalue weighted by Crippen LogP contribution is -2.24. The van der Waals surface area contributed by atoms with Crippen molar-refractivity contribution in [3.8, 4) is 12.8 Å². The Labute approximate surface area is 131 Å². The maximum atomic E-state index is 8.77. The SMILES string of the molecule is C#C.C=CC[C@H](NCCO)c1cccc(Br)n1.CCC. The quantitative estimate of drug-likeness (QED) is 0.471. The molecule has 0 saturated carbocycles. The van der Waals surface area contributed by atoms with Crippen LogP contribution in [-0.4, -0.2) is 23.2 Å². The summed E-state index contributed by atoms with van der Waals surface area (Å²) in [6.07, 6.45) is 11.9. The van der Waals surface area contributed by atoms with Gasteiger partial charge in [-0.15, -0.1) is 19.4 Å². The summed E-state index contributed by atoms with van der Waals surface area (Å²) < 4.78 is 0.819. The first kappa shape index (κ1) is 21.2. The molecule has 0 spiro atoms. The lowest BCUT2D eigenvalue weighted by atomic mass is 10.1. The fraction of sp³-hybridized carbons (Fsp3) is 0.438. The first-order valence-corrected chi connectivity index (χ1v) is 7.39. The molecule has 0 bridgehead atoms. The number of nitrogens with one attached hydrogen (secondary N) is 1. The van der Waals surface area contributed by atoms with Gasteiger partial charge in [-0.2, -0.15) is 0 Å². The summed E-state index contributed by atoms with van der Waals surface area (Å²) in [5.74, 6) is 0. The number of aliphatic hydroxyl groups excluding tert-OH is 1. The lowest BCUT2D eigenvalue weighted by molar-refractivity contribution is 0.284. The summed E-state index contributed by atoms with van der Waals surface area (Å²) in [6, 6.07) is 5.92. The molecule has 1 rings (SSSR count). The molecule has 3 nitrogen and oxygen atoms in total. The summed E-state index contributed by atoms with van der Waals surface area (Å²) >= 11 is 3.34. The standard InChI is InChI=1S/C11H15BrN2O.C3H8.C2H2/c1-2-4-9(13-7-8-15)10-5-3-6-11(12)14-10;1-3-2;1-2/h2-3,5-6,9,13,15H,1,4,7-8H2;3H2,1-2H3;1-2H/t9-;;/m0../s1. The average molecular weight is 341 g/mol. The van der Waals surface area contributed by atoms with Crippen LogP contribution in [0.1, 0.15) is 38.4 Å². The second-order valence-corrected chi connectivity index (χ2v) is 4.66. The second kappa shape index (κ2) is 15.9. The highest BCUT2D eigenvalue weighted by Gasteiger charge is 2.10. The van der Waals surface area contributed by atoms with Crippen molar-refractivity contribution in [2.45, 2.75) is 32.7 Å². The van der Waals surface area contributed by atoms with Crippen molar-refractivity contribution in [3.63, 3.8) is 0 Å². The fourth-order valence-electron chi connectivity index (χ4n) is 1.33. The van der Waals surface area contributed by atoms with E-state index in [0.29, 0.717) is 6.54 Å². The van der Waals surface area contributed by atoms with Gasteiger partial charge >= 0.3 is 0 Å². The Morgan fingerprint density at radius 3 is 2.50 bits per heavy atom. The minimum atomic E-state index is 0.118. The van der Waals surface area contributed by atoms with Crippen LogP contribution in [0.4, 0.5) is 0 Å². The van der Waals surface area contributed by atoms with Gasteiger partial charge < -0.3 is 10.4 Å². The van der Waals surface area contributed by atoms with Crippen molar-refractivity contribution in [3.05, 3.63) is 41.2 Å². The van der Waals surface area contributed by atoms with E-state index in [1.807, 2.05) is 24.3 Å². The lowest BCUT2D eigenvalue weighted by Gasteiger charge is -2.16. The van der Waals surface area contributed by atoms with E-state index in [0.717, 1.165) is 16.7 Å². The molecule has 0 amide bonds. The van der Waals surface area contributed by atoms with Crippen molar-refractivity contribution in [2.75, 3.05) is 13.2 Å². The van der Waals surface area contributed by atoms with Gasteiger partial charge in [0.15, 0.2) is 0 Å². The Morgan fingerprint density at radius 1 is 1.45 bits per heavy atom. The Morgan fingerprint density at radius 2 is 2.05 bits per heavy atom. The van der Waals surface area contributed by atoms with Crippen LogP contribution in [0.2, 0.25) is 0 Å². The van der Waals surface area contributed by atoms with Crippen LogP contribution in [0, 0.1) is 12.8 Å². The number of pyridine rings is 1. The molecule has 1 heterocycles. The normalized spacial score (nSPS) is 10.3. The zero-order valence-electron chi connectivity index (χ0n) is 12.3. The minimum absolute atomic E-state index is 0.118. The van der Waals surface area contributed by atoms with Gasteiger partial charge in [0, 0.05) is 6.54 Å². The Hall–Kier alpha value is -1.15. The zero-order chi connectivity index (χ0) is 15.8. The van der Waals surface area contributed by atoms with Crippen molar-refractivity contribution < 1.29 is 5.11 Å². The highest BCUT2D eigenvalue weighted by Crippen LogP contribution is 2.17. The number of aliphatic hydroxyl groups is 1. The summed E-state index contributed by atoms with van der Waals surface area (Å²) in [4.78, 5) is 4.37. The topological polar surface area (TPSA) is 45.1 Å². The van der Waals surface area contributed by atoms with Gasteiger partial charge in [0.2, 0.25) is 0 Å². The number of hydrogen-bond acceptors (Lipinski definition) is 3. The monoisotopic (exact) mass is 340 g/mol. The molecule has 0 saturated heterocycles. The van der Waals surface area contributed by atoms with E-state index in [4.69, 9.17) is 5.11 Å². The molecule has 0 aromatic carbocycles. The van der Waals surface area contributed by atoms with E-state index in [-0.39, 0.29) is 12.6 Å². The number of terminal acetylenes is 1. The number of halogens is 1. The molecule has 1 atom stereocenters. The fourth-order valence-corrected chi connectivity index (χ4v) is 1.69. The second-order valence-electron chi connectivity index (χ2n) is 3.85. The largest absolute Gasteiger partial charge is 0.395 e. The molecule has 1 aromatic rings. The Bertz CT molecular complexity index is 366. The predicted molar refractivity (Wildman–Crippen MR) is 90.4 cm³/mol. The van der Waals surface area contributed by atoms with Gasteiger partial charge in [-0.05, 0) is 34.5 Å². The minimum Gasteiger partial charge on any atom is -0.395 e. The highest BCUT2D eigenvalue weighted by molar-refractivity contribution is 9.10. The molecule has 1 aromatic heterocycles. The van der Waals surface area contributed by atoms with Crippen molar-refractivity contribution in [1.29, 1.82) is 0 Å². The molecular weight excluding hydrogens is 316 g/mol. The summed E-state index contributed by atoms with van der Waals surface area (Å²) in [5, 5.41) is 12.0. The van der Waals surface area contributed by atoms with Crippen LogP contribution in [-0.2, 0) is 0 Å². The zero-order valence-corrected chi connectivity index (χ0v) is 13.9. The molecule has 0 aliphatic rings. The third-order valence-corrected chi connectivity index (χ3v) is 2.44. The molecule has 0 fully saturated rings. The number of nitrogens with zero attached hydrogens (tertiary/aromatic N) is 1. The van der Waals surface area contributed by atoms with Gasteiger partial charge in [0.1, 0.15) is 4.60 Å². The Kier molecular flexibility index (Phi) is 16.8. The molecule has 0 unspecified atom stereocenters. The van der Waals surface area contributed by atoms with E-state index in [1.165, 1.54) is 6.42 Å². The van der Waals surface area contributed by atoms with E-state index in [1.54, 1.807) is 0 Å². The van der Waals surface area contributed by atoms with Gasteiger partial charge in [0.05, 0.1) is 18.3 Å². The number of hydrogen-bond donors (Lipinski definition) is 2. The van der Waals surface area contributed by atoms with Crippen molar-refractivity contribution >= 4 is 15.9 Å². The maximum Gasteiger partial charge on any atom is 0.106 e. The van der Waals surface area contributed by atoms with Crippen LogP contribution >= 0.6 is 15.9 Å². The molecule has 0 radical (unpaired) electrons. The first-order chi connectivity index (χ1) is 9.69. The number of rotatable bonds is 6. The van der Waals surface area contributed by atoms with E-state index in [9.17, 15) is 0 Å². The molecule has 4 heteroatoms.